The van der Waals surface area contributed by atoms with Gasteiger partial charge in [0.25, 0.3) is 5.91 Å². The van der Waals surface area contributed by atoms with Gasteiger partial charge >= 0.3 is 0 Å². The third-order valence-electron chi connectivity index (χ3n) is 3.71. The number of hydrogen-bond acceptors (Lipinski definition) is 3. The molecule has 0 saturated heterocycles. The van der Waals surface area contributed by atoms with E-state index in [1.165, 1.54) is 0 Å². The molecule has 1 amide bonds. The molecule has 1 fully saturated rings. The Morgan fingerprint density at radius 1 is 1.48 bits per heavy atom. The van der Waals surface area contributed by atoms with Crippen molar-refractivity contribution < 1.29 is 9.53 Å². The SMILES string of the molecule is CCNCc1cc(Br)cc(C)c1OCC(=O)N(C)C1CC1. The number of carbonyl (C=O) groups is 1. The van der Waals surface area contributed by atoms with Crippen LogP contribution in [0.15, 0.2) is 16.6 Å². The average molecular weight is 355 g/mol. The molecule has 0 heterocycles. The predicted octanol–water partition coefficient (Wildman–Crippen LogP) is 2.87. The summed E-state index contributed by atoms with van der Waals surface area (Å²) in [6, 6.07) is 4.48. The minimum absolute atomic E-state index is 0.0502. The third kappa shape index (κ3) is 4.45. The zero-order chi connectivity index (χ0) is 15.4. The molecule has 0 bridgehead atoms. The van der Waals surface area contributed by atoms with Crippen molar-refractivity contribution in [2.75, 3.05) is 20.2 Å². The highest BCUT2D eigenvalue weighted by molar-refractivity contribution is 9.10. The van der Waals surface area contributed by atoms with Crippen molar-refractivity contribution in [2.45, 2.75) is 39.3 Å². The Morgan fingerprint density at radius 3 is 2.81 bits per heavy atom. The number of likely N-dealkylation sites (N-methyl/N-ethyl adjacent to an activating group) is 1. The molecule has 0 atom stereocenters. The number of amides is 1. The highest BCUT2D eigenvalue weighted by atomic mass is 79.9. The monoisotopic (exact) mass is 354 g/mol. The first kappa shape index (κ1) is 16.3. The van der Waals surface area contributed by atoms with Crippen molar-refractivity contribution in [3.05, 3.63) is 27.7 Å². The van der Waals surface area contributed by atoms with E-state index in [9.17, 15) is 4.79 Å². The lowest BCUT2D eigenvalue weighted by atomic mass is 10.1. The largest absolute Gasteiger partial charge is 0.483 e. The number of halogens is 1. The van der Waals surface area contributed by atoms with Crippen LogP contribution in [0.4, 0.5) is 0 Å². The van der Waals surface area contributed by atoms with E-state index in [0.717, 1.165) is 47.3 Å². The van der Waals surface area contributed by atoms with Crippen molar-refractivity contribution >= 4 is 21.8 Å². The normalized spacial score (nSPS) is 14.1. The maximum absolute atomic E-state index is 12.1. The standard InChI is InChI=1S/C16H23BrN2O2/c1-4-18-9-12-8-13(17)7-11(2)16(12)21-10-15(20)19(3)14-5-6-14/h7-8,14,18H,4-6,9-10H2,1-3H3. The molecule has 1 aromatic carbocycles. The Kier molecular flexibility index (Phi) is 5.65. The molecule has 116 valence electrons. The number of aryl methyl sites for hydroxylation is 1. The number of hydrogen-bond donors (Lipinski definition) is 1. The van der Waals surface area contributed by atoms with Crippen LogP contribution in [-0.4, -0.2) is 37.0 Å². The van der Waals surface area contributed by atoms with Crippen LogP contribution in [-0.2, 0) is 11.3 Å². The lowest BCUT2D eigenvalue weighted by molar-refractivity contribution is -0.132. The van der Waals surface area contributed by atoms with Gasteiger partial charge in [0.05, 0.1) is 0 Å². The summed E-state index contributed by atoms with van der Waals surface area (Å²) in [4.78, 5) is 13.9. The summed E-state index contributed by atoms with van der Waals surface area (Å²) >= 11 is 3.51. The number of ether oxygens (including phenoxy) is 1. The van der Waals surface area contributed by atoms with Gasteiger partial charge in [-0.1, -0.05) is 22.9 Å². The summed E-state index contributed by atoms with van der Waals surface area (Å²) < 4.78 is 6.86. The van der Waals surface area contributed by atoms with Gasteiger partial charge < -0.3 is 15.0 Å². The lowest BCUT2D eigenvalue weighted by Gasteiger charge is -2.19. The van der Waals surface area contributed by atoms with Gasteiger partial charge in [0.1, 0.15) is 5.75 Å². The van der Waals surface area contributed by atoms with Gasteiger partial charge in [-0.15, -0.1) is 0 Å². The zero-order valence-electron chi connectivity index (χ0n) is 12.9. The quantitative estimate of drug-likeness (QED) is 0.818. The molecule has 0 radical (unpaired) electrons. The van der Waals surface area contributed by atoms with Crippen LogP contribution >= 0.6 is 15.9 Å². The van der Waals surface area contributed by atoms with E-state index in [4.69, 9.17) is 4.74 Å². The average Bonchev–Trinajstić information content (AvgIpc) is 3.27. The molecule has 1 N–H and O–H groups in total. The van der Waals surface area contributed by atoms with Crippen LogP contribution in [0.1, 0.15) is 30.9 Å². The molecule has 1 aliphatic carbocycles. The second-order valence-corrected chi connectivity index (χ2v) is 6.43. The van der Waals surface area contributed by atoms with E-state index in [1.807, 2.05) is 26.1 Å². The third-order valence-corrected chi connectivity index (χ3v) is 4.17. The minimum Gasteiger partial charge on any atom is -0.483 e. The second-order valence-electron chi connectivity index (χ2n) is 5.52. The summed E-state index contributed by atoms with van der Waals surface area (Å²) in [6.45, 7) is 5.81. The fourth-order valence-electron chi connectivity index (χ4n) is 2.30. The Balaban J connectivity index is 2.05. The summed E-state index contributed by atoms with van der Waals surface area (Å²) in [5.41, 5.74) is 2.12. The van der Waals surface area contributed by atoms with E-state index in [2.05, 4.69) is 28.2 Å². The van der Waals surface area contributed by atoms with E-state index in [0.29, 0.717) is 6.04 Å². The predicted molar refractivity (Wildman–Crippen MR) is 87.5 cm³/mol. The zero-order valence-corrected chi connectivity index (χ0v) is 14.5. The summed E-state index contributed by atoms with van der Waals surface area (Å²) in [6.07, 6.45) is 2.23. The van der Waals surface area contributed by atoms with Crippen molar-refractivity contribution in [3.63, 3.8) is 0 Å². The van der Waals surface area contributed by atoms with Crippen LogP contribution in [0, 0.1) is 6.92 Å². The van der Waals surface area contributed by atoms with Gasteiger partial charge in [0.2, 0.25) is 0 Å². The van der Waals surface area contributed by atoms with Gasteiger partial charge in [-0.2, -0.15) is 0 Å². The summed E-state index contributed by atoms with van der Waals surface area (Å²) in [7, 11) is 1.86. The van der Waals surface area contributed by atoms with Gasteiger partial charge in [0, 0.05) is 29.7 Å². The van der Waals surface area contributed by atoms with Crippen molar-refractivity contribution in [1.82, 2.24) is 10.2 Å². The Bertz CT molecular complexity index is 515. The first-order valence-electron chi connectivity index (χ1n) is 7.41. The number of rotatable bonds is 7. The molecule has 21 heavy (non-hydrogen) atoms. The van der Waals surface area contributed by atoms with Crippen molar-refractivity contribution in [3.8, 4) is 5.75 Å². The molecule has 0 aromatic heterocycles. The summed E-state index contributed by atoms with van der Waals surface area (Å²) in [5.74, 6) is 0.867. The number of carbonyl (C=O) groups excluding carboxylic acids is 1. The molecule has 1 saturated carbocycles. The van der Waals surface area contributed by atoms with E-state index in [-0.39, 0.29) is 12.5 Å². The van der Waals surface area contributed by atoms with Crippen LogP contribution in [0.25, 0.3) is 0 Å². The molecule has 1 aromatic rings. The number of benzene rings is 1. The molecule has 5 heteroatoms. The van der Waals surface area contributed by atoms with E-state index >= 15 is 0 Å². The maximum Gasteiger partial charge on any atom is 0.260 e. The van der Waals surface area contributed by atoms with E-state index < -0.39 is 0 Å². The molecule has 4 nitrogen and oxygen atoms in total. The van der Waals surface area contributed by atoms with Crippen LogP contribution in [0.2, 0.25) is 0 Å². The van der Waals surface area contributed by atoms with Gasteiger partial charge in [-0.25, -0.2) is 0 Å². The first-order valence-corrected chi connectivity index (χ1v) is 8.20. The van der Waals surface area contributed by atoms with Crippen LogP contribution in [0.5, 0.6) is 5.75 Å². The molecular weight excluding hydrogens is 332 g/mol. The Morgan fingerprint density at radius 2 is 2.19 bits per heavy atom. The molecule has 0 spiro atoms. The highest BCUT2D eigenvalue weighted by Crippen LogP contribution is 2.29. The van der Waals surface area contributed by atoms with E-state index in [1.54, 1.807) is 4.90 Å². The molecule has 0 aliphatic heterocycles. The van der Waals surface area contributed by atoms with Crippen LogP contribution < -0.4 is 10.1 Å². The fraction of sp³-hybridized carbons (Fsp3) is 0.562. The second kappa shape index (κ2) is 7.27. The Hall–Kier alpha value is -1.07. The highest BCUT2D eigenvalue weighted by Gasteiger charge is 2.29. The Labute approximate surface area is 135 Å². The smallest absolute Gasteiger partial charge is 0.260 e. The molecule has 0 unspecified atom stereocenters. The van der Waals surface area contributed by atoms with Crippen molar-refractivity contribution in [1.29, 1.82) is 0 Å². The molecular formula is C16H23BrN2O2. The molecule has 1 aliphatic rings. The topological polar surface area (TPSA) is 41.6 Å². The molecule has 2 rings (SSSR count). The van der Waals surface area contributed by atoms with Crippen molar-refractivity contribution in [2.24, 2.45) is 0 Å². The number of nitrogens with zero attached hydrogens (tertiary/aromatic N) is 1. The van der Waals surface area contributed by atoms with Gasteiger partial charge in [0.15, 0.2) is 6.61 Å². The van der Waals surface area contributed by atoms with Gasteiger partial charge in [-0.05, 0) is 44.0 Å². The van der Waals surface area contributed by atoms with Crippen LogP contribution in [0.3, 0.4) is 0 Å². The summed E-state index contributed by atoms with van der Waals surface area (Å²) in [5, 5.41) is 3.30. The lowest BCUT2D eigenvalue weighted by Crippen LogP contribution is -2.33. The maximum atomic E-state index is 12.1. The fourth-order valence-corrected chi connectivity index (χ4v) is 2.92. The minimum atomic E-state index is 0.0502. The first-order chi connectivity index (χ1) is 10.0. The van der Waals surface area contributed by atoms with Gasteiger partial charge in [-0.3, -0.25) is 4.79 Å². The number of nitrogens with one attached hydrogen (secondary N) is 1.